The van der Waals surface area contributed by atoms with Crippen molar-refractivity contribution in [2.45, 2.75) is 13.3 Å². The molecule has 0 unspecified atom stereocenters. The van der Waals surface area contributed by atoms with Gasteiger partial charge in [-0.15, -0.1) is 0 Å². The second kappa shape index (κ2) is 7.25. The van der Waals surface area contributed by atoms with Crippen LogP contribution in [0.25, 0.3) is 0 Å². The number of rotatable bonds is 6. The molecule has 104 valence electrons. The minimum atomic E-state index is -0.865. The Kier molecular flexibility index (Phi) is 5.98. The van der Waals surface area contributed by atoms with Gasteiger partial charge in [0.2, 0.25) is 5.91 Å². The van der Waals surface area contributed by atoms with Crippen LogP contribution in [0, 0.1) is 6.92 Å². The Labute approximate surface area is 120 Å². The van der Waals surface area contributed by atoms with E-state index in [0.29, 0.717) is 6.54 Å². The number of hydrogen-bond donors (Lipinski definition) is 2. The van der Waals surface area contributed by atoms with E-state index >= 15 is 0 Å². The van der Waals surface area contributed by atoms with Gasteiger partial charge in [-0.2, -0.15) is 0 Å². The molecule has 0 aliphatic carbocycles. The Morgan fingerprint density at radius 1 is 1.42 bits per heavy atom. The molecule has 5 nitrogen and oxygen atoms in total. The Morgan fingerprint density at radius 2 is 2.11 bits per heavy atom. The van der Waals surface area contributed by atoms with Crippen molar-refractivity contribution in [1.82, 2.24) is 4.90 Å². The van der Waals surface area contributed by atoms with Crippen LogP contribution in [0.2, 0.25) is 0 Å². The Balaban J connectivity index is 2.48. The average molecular weight is 329 g/mol. The third-order valence-electron chi connectivity index (χ3n) is 2.58. The number of likely N-dealkylation sites (N-methyl/N-ethyl adjacent to an activating group) is 1. The molecule has 1 aromatic carbocycles. The molecule has 1 rings (SSSR count). The molecule has 19 heavy (non-hydrogen) atoms. The molecule has 0 spiro atoms. The number of nitrogens with zero attached hydrogens (tertiary/aromatic N) is 1. The summed E-state index contributed by atoms with van der Waals surface area (Å²) in [5.74, 6) is -1.02. The lowest BCUT2D eigenvalue weighted by atomic mass is 10.2. The summed E-state index contributed by atoms with van der Waals surface area (Å²) in [4.78, 5) is 23.9. The lowest BCUT2D eigenvalue weighted by Gasteiger charge is -2.15. The van der Waals surface area contributed by atoms with Crippen molar-refractivity contribution in [3.63, 3.8) is 0 Å². The average Bonchev–Trinajstić information content (AvgIpc) is 2.30. The molecule has 0 heterocycles. The van der Waals surface area contributed by atoms with Gasteiger partial charge in [-0.05, 0) is 37.7 Å². The van der Waals surface area contributed by atoms with Crippen LogP contribution in [0.3, 0.4) is 0 Å². The summed E-state index contributed by atoms with van der Waals surface area (Å²) in [5, 5.41) is 11.4. The van der Waals surface area contributed by atoms with Crippen LogP contribution in [0.1, 0.15) is 12.0 Å². The highest BCUT2D eigenvalue weighted by Gasteiger charge is 2.09. The van der Waals surface area contributed by atoms with E-state index in [9.17, 15) is 9.59 Å². The van der Waals surface area contributed by atoms with Crippen molar-refractivity contribution < 1.29 is 14.7 Å². The minimum Gasteiger partial charge on any atom is -0.481 e. The number of aryl methyl sites for hydroxylation is 1. The van der Waals surface area contributed by atoms with Crippen LogP contribution in [0.5, 0.6) is 0 Å². The van der Waals surface area contributed by atoms with E-state index in [1.807, 2.05) is 25.1 Å². The highest BCUT2D eigenvalue weighted by molar-refractivity contribution is 9.10. The first-order valence-corrected chi connectivity index (χ1v) is 6.64. The maximum Gasteiger partial charge on any atom is 0.304 e. The molecular formula is C13H17BrN2O3. The molecule has 6 heteroatoms. The first-order chi connectivity index (χ1) is 8.88. The number of carbonyl (C=O) groups is 2. The number of hydrogen-bond acceptors (Lipinski definition) is 3. The molecule has 0 bridgehead atoms. The van der Waals surface area contributed by atoms with Crippen molar-refractivity contribution in [3.05, 3.63) is 28.2 Å². The second-order valence-electron chi connectivity index (χ2n) is 4.39. The molecule has 0 atom stereocenters. The normalized spacial score (nSPS) is 10.5. The maximum atomic E-state index is 11.8. The van der Waals surface area contributed by atoms with Crippen LogP contribution in [0.4, 0.5) is 5.69 Å². The van der Waals surface area contributed by atoms with Crippen molar-refractivity contribution >= 4 is 33.5 Å². The summed E-state index contributed by atoms with van der Waals surface area (Å²) in [7, 11) is 1.72. The molecule has 0 saturated heterocycles. The molecule has 1 amide bonds. The summed E-state index contributed by atoms with van der Waals surface area (Å²) in [5.41, 5.74) is 1.73. The third-order valence-corrected chi connectivity index (χ3v) is 3.08. The summed E-state index contributed by atoms with van der Waals surface area (Å²) >= 11 is 3.36. The topological polar surface area (TPSA) is 69.6 Å². The monoisotopic (exact) mass is 328 g/mol. The predicted octanol–water partition coefficient (Wildman–Crippen LogP) is 2.10. The number of benzene rings is 1. The molecule has 0 aromatic heterocycles. The van der Waals surface area contributed by atoms with Crippen LogP contribution in [-0.4, -0.2) is 42.0 Å². The van der Waals surface area contributed by atoms with Crippen LogP contribution >= 0.6 is 15.9 Å². The molecule has 0 fully saturated rings. The zero-order valence-electron chi connectivity index (χ0n) is 10.9. The van der Waals surface area contributed by atoms with Crippen molar-refractivity contribution in [3.8, 4) is 0 Å². The van der Waals surface area contributed by atoms with Gasteiger partial charge < -0.3 is 10.4 Å². The molecule has 2 N–H and O–H groups in total. The van der Waals surface area contributed by atoms with Crippen molar-refractivity contribution in [1.29, 1.82) is 0 Å². The highest BCUT2D eigenvalue weighted by Crippen LogP contribution is 2.19. The summed E-state index contributed by atoms with van der Waals surface area (Å²) in [6.07, 6.45) is 0.0289. The highest BCUT2D eigenvalue weighted by atomic mass is 79.9. The van der Waals surface area contributed by atoms with E-state index in [1.165, 1.54) is 0 Å². The zero-order chi connectivity index (χ0) is 14.4. The SMILES string of the molecule is Cc1cc(Br)ccc1NC(=O)CN(C)CCC(=O)O. The fourth-order valence-electron chi connectivity index (χ4n) is 1.57. The number of carbonyl (C=O) groups excluding carboxylic acids is 1. The number of amides is 1. The summed E-state index contributed by atoms with van der Waals surface area (Å²) in [6.45, 7) is 2.43. The lowest BCUT2D eigenvalue weighted by molar-refractivity contribution is -0.137. The molecule has 0 saturated carbocycles. The lowest BCUT2D eigenvalue weighted by Crippen LogP contribution is -2.31. The number of carboxylic acid groups (broad SMARTS) is 1. The largest absolute Gasteiger partial charge is 0.481 e. The molecule has 0 radical (unpaired) electrons. The fraction of sp³-hybridized carbons (Fsp3) is 0.385. The van der Waals surface area contributed by atoms with E-state index in [-0.39, 0.29) is 18.9 Å². The zero-order valence-corrected chi connectivity index (χ0v) is 12.5. The Hall–Kier alpha value is -1.40. The van der Waals surface area contributed by atoms with E-state index in [0.717, 1.165) is 15.7 Å². The van der Waals surface area contributed by atoms with E-state index < -0.39 is 5.97 Å². The van der Waals surface area contributed by atoms with Crippen molar-refractivity contribution in [2.24, 2.45) is 0 Å². The van der Waals surface area contributed by atoms with Gasteiger partial charge in [-0.25, -0.2) is 0 Å². The molecular weight excluding hydrogens is 312 g/mol. The van der Waals surface area contributed by atoms with Gasteiger partial charge in [-0.3, -0.25) is 14.5 Å². The Bertz CT molecular complexity index is 477. The second-order valence-corrected chi connectivity index (χ2v) is 5.30. The van der Waals surface area contributed by atoms with Crippen LogP contribution < -0.4 is 5.32 Å². The maximum absolute atomic E-state index is 11.8. The van der Waals surface area contributed by atoms with E-state index in [1.54, 1.807) is 11.9 Å². The predicted molar refractivity (Wildman–Crippen MR) is 77.3 cm³/mol. The van der Waals surface area contributed by atoms with E-state index in [2.05, 4.69) is 21.2 Å². The van der Waals surface area contributed by atoms with Gasteiger partial charge >= 0.3 is 5.97 Å². The van der Waals surface area contributed by atoms with Crippen LogP contribution in [-0.2, 0) is 9.59 Å². The molecule has 0 aliphatic rings. The molecule has 1 aromatic rings. The van der Waals surface area contributed by atoms with Gasteiger partial charge in [0.05, 0.1) is 13.0 Å². The standard InChI is InChI=1S/C13H17BrN2O3/c1-9-7-10(14)3-4-11(9)15-12(17)8-16(2)6-5-13(18)19/h3-4,7H,5-6,8H2,1-2H3,(H,15,17)(H,18,19). The third kappa shape index (κ3) is 5.85. The van der Waals surface area contributed by atoms with Gasteiger partial charge in [0.1, 0.15) is 0 Å². The van der Waals surface area contributed by atoms with Gasteiger partial charge in [0.15, 0.2) is 0 Å². The first kappa shape index (κ1) is 15.7. The van der Waals surface area contributed by atoms with Gasteiger partial charge in [0, 0.05) is 16.7 Å². The quantitative estimate of drug-likeness (QED) is 0.839. The summed E-state index contributed by atoms with van der Waals surface area (Å²) in [6, 6.07) is 5.61. The first-order valence-electron chi connectivity index (χ1n) is 5.85. The van der Waals surface area contributed by atoms with E-state index in [4.69, 9.17) is 5.11 Å². The van der Waals surface area contributed by atoms with Crippen molar-refractivity contribution in [2.75, 3.05) is 25.5 Å². The minimum absolute atomic E-state index is 0.0289. The number of halogens is 1. The number of aliphatic carboxylic acids is 1. The summed E-state index contributed by atoms with van der Waals surface area (Å²) < 4.78 is 0.960. The van der Waals surface area contributed by atoms with Crippen LogP contribution in [0.15, 0.2) is 22.7 Å². The van der Waals surface area contributed by atoms with Gasteiger partial charge in [0.25, 0.3) is 0 Å². The number of anilines is 1. The Morgan fingerprint density at radius 3 is 2.68 bits per heavy atom. The fourth-order valence-corrected chi connectivity index (χ4v) is 2.04. The van der Waals surface area contributed by atoms with Gasteiger partial charge in [-0.1, -0.05) is 15.9 Å². The number of carboxylic acids is 1. The molecule has 0 aliphatic heterocycles. The smallest absolute Gasteiger partial charge is 0.304 e. The number of nitrogens with one attached hydrogen (secondary N) is 1.